The van der Waals surface area contributed by atoms with E-state index in [4.69, 9.17) is 9.16 Å². The molecule has 0 unspecified atom stereocenters. The molecular formula is C18H35NO4Si. The molecule has 0 spiro atoms. The number of hydrogen-bond acceptors (Lipinski definition) is 4. The maximum atomic E-state index is 12.4. The summed E-state index contributed by atoms with van der Waals surface area (Å²) >= 11 is 0. The second-order valence-corrected chi connectivity index (χ2v) is 13.4. The van der Waals surface area contributed by atoms with Gasteiger partial charge in [0, 0.05) is 6.42 Å². The molecule has 1 N–H and O–H groups in total. The number of rotatable bonds is 7. The number of Topliss-reactive ketones (excluding diaryl/α,β-unsaturated/α-hetero) is 1. The smallest absolute Gasteiger partial charge is 0.408 e. The number of allylic oxidation sites excluding steroid dienone is 1. The molecule has 0 aromatic carbocycles. The van der Waals surface area contributed by atoms with Gasteiger partial charge in [0.15, 0.2) is 14.1 Å². The Balaban J connectivity index is 5.24. The molecule has 1 amide bonds. The van der Waals surface area contributed by atoms with Crippen molar-refractivity contribution in [1.82, 2.24) is 5.32 Å². The molecule has 0 aromatic rings. The number of hydrogen-bond donors (Lipinski definition) is 1. The molecule has 0 aliphatic rings. The zero-order valence-electron chi connectivity index (χ0n) is 16.8. The van der Waals surface area contributed by atoms with E-state index in [1.807, 2.05) is 6.92 Å². The quantitative estimate of drug-likeness (QED) is 0.540. The molecule has 0 rings (SSSR count). The van der Waals surface area contributed by atoms with Gasteiger partial charge in [0.1, 0.15) is 11.6 Å². The van der Waals surface area contributed by atoms with E-state index in [1.165, 1.54) is 6.08 Å². The topological polar surface area (TPSA) is 64.6 Å². The standard InChI is InChI=1S/C18H35NO4Si/c1-11-12-14(20)15(19-16(21)22-17(3,4)5)13(2)23-24(9,10)18(6,7)8/h11,13,15H,1,12H2,2-10H3,(H,19,21)/t13-,15+/m0/s1. The zero-order valence-corrected chi connectivity index (χ0v) is 17.8. The first-order chi connectivity index (χ1) is 10.6. The van der Waals surface area contributed by atoms with Gasteiger partial charge in [0.2, 0.25) is 0 Å². The molecule has 0 aliphatic heterocycles. The van der Waals surface area contributed by atoms with Crippen LogP contribution in [0.2, 0.25) is 18.1 Å². The summed E-state index contributed by atoms with van der Waals surface area (Å²) in [5, 5.41) is 2.68. The predicted octanol–water partition coefficient (Wildman–Crippen LogP) is 4.44. The lowest BCUT2D eigenvalue weighted by Crippen LogP contribution is -2.54. The number of ether oxygens (including phenoxy) is 1. The molecular weight excluding hydrogens is 322 g/mol. The minimum Gasteiger partial charge on any atom is -0.444 e. The Labute approximate surface area is 148 Å². The van der Waals surface area contributed by atoms with Gasteiger partial charge >= 0.3 is 6.09 Å². The lowest BCUT2D eigenvalue weighted by atomic mass is 10.1. The van der Waals surface area contributed by atoms with Gasteiger partial charge in [-0.3, -0.25) is 4.79 Å². The minimum atomic E-state index is -2.07. The Morgan fingerprint density at radius 2 is 1.67 bits per heavy atom. The van der Waals surface area contributed by atoms with Gasteiger partial charge in [-0.15, -0.1) is 6.58 Å². The van der Waals surface area contributed by atoms with E-state index in [9.17, 15) is 9.59 Å². The van der Waals surface area contributed by atoms with E-state index < -0.39 is 32.2 Å². The summed E-state index contributed by atoms with van der Waals surface area (Å²) < 4.78 is 11.5. The van der Waals surface area contributed by atoms with Crippen LogP contribution in [0.5, 0.6) is 0 Å². The van der Waals surface area contributed by atoms with E-state index >= 15 is 0 Å². The highest BCUT2D eigenvalue weighted by atomic mass is 28.4. The van der Waals surface area contributed by atoms with Crippen LogP contribution >= 0.6 is 0 Å². The second-order valence-electron chi connectivity index (χ2n) is 8.67. The van der Waals surface area contributed by atoms with E-state index in [2.05, 4.69) is 45.8 Å². The Hall–Kier alpha value is -1.14. The first kappa shape index (κ1) is 22.9. The van der Waals surface area contributed by atoms with Gasteiger partial charge in [-0.1, -0.05) is 26.8 Å². The molecule has 5 nitrogen and oxygen atoms in total. The van der Waals surface area contributed by atoms with Gasteiger partial charge in [-0.2, -0.15) is 0 Å². The molecule has 2 atom stereocenters. The highest BCUT2D eigenvalue weighted by molar-refractivity contribution is 6.74. The van der Waals surface area contributed by atoms with Crippen molar-refractivity contribution in [3.63, 3.8) is 0 Å². The Bertz CT molecular complexity index is 461. The van der Waals surface area contributed by atoms with Crippen LogP contribution < -0.4 is 5.32 Å². The molecule has 0 aromatic heterocycles. The van der Waals surface area contributed by atoms with Crippen molar-refractivity contribution < 1.29 is 18.8 Å². The molecule has 0 fully saturated rings. The lowest BCUT2D eigenvalue weighted by Gasteiger charge is -2.40. The number of carbonyl (C=O) groups excluding carboxylic acids is 2. The molecule has 0 saturated heterocycles. The Kier molecular flexibility index (Phi) is 7.90. The lowest BCUT2D eigenvalue weighted by molar-refractivity contribution is -0.122. The Morgan fingerprint density at radius 3 is 2.04 bits per heavy atom. The van der Waals surface area contributed by atoms with Gasteiger partial charge in [-0.05, 0) is 45.8 Å². The molecule has 0 radical (unpaired) electrons. The summed E-state index contributed by atoms with van der Waals surface area (Å²) in [5.41, 5.74) is -0.625. The van der Waals surface area contributed by atoms with Crippen molar-refractivity contribution in [1.29, 1.82) is 0 Å². The molecule has 6 heteroatoms. The molecule has 140 valence electrons. The van der Waals surface area contributed by atoms with Crippen LogP contribution in [0.1, 0.15) is 54.9 Å². The fraction of sp³-hybridized carbons (Fsp3) is 0.778. The third-order valence-corrected chi connectivity index (χ3v) is 8.69. The van der Waals surface area contributed by atoms with Crippen molar-refractivity contribution in [2.75, 3.05) is 0 Å². The van der Waals surface area contributed by atoms with Crippen LogP contribution in [-0.2, 0) is 14.0 Å². The molecule has 24 heavy (non-hydrogen) atoms. The summed E-state index contributed by atoms with van der Waals surface area (Å²) in [4.78, 5) is 24.5. The van der Waals surface area contributed by atoms with Crippen LogP contribution in [-0.4, -0.2) is 37.9 Å². The Morgan fingerprint density at radius 1 is 1.17 bits per heavy atom. The average Bonchev–Trinajstić information content (AvgIpc) is 2.31. The van der Waals surface area contributed by atoms with E-state index in [1.54, 1.807) is 20.8 Å². The number of amides is 1. The number of carbonyl (C=O) groups is 2. The van der Waals surface area contributed by atoms with Gasteiger partial charge < -0.3 is 14.5 Å². The monoisotopic (exact) mass is 357 g/mol. The van der Waals surface area contributed by atoms with Crippen LogP contribution in [0.25, 0.3) is 0 Å². The number of nitrogens with one attached hydrogen (secondary N) is 1. The first-order valence-corrected chi connectivity index (χ1v) is 11.3. The van der Waals surface area contributed by atoms with Crippen LogP contribution in [0.15, 0.2) is 12.7 Å². The summed E-state index contributed by atoms with van der Waals surface area (Å²) in [7, 11) is -2.07. The van der Waals surface area contributed by atoms with Crippen LogP contribution in [0.4, 0.5) is 4.79 Å². The van der Waals surface area contributed by atoms with Crippen LogP contribution in [0, 0.1) is 0 Å². The van der Waals surface area contributed by atoms with E-state index in [0.29, 0.717) is 0 Å². The molecule has 0 heterocycles. The summed E-state index contributed by atoms with van der Waals surface area (Å²) in [6, 6.07) is -0.757. The summed E-state index contributed by atoms with van der Waals surface area (Å²) in [6.45, 7) is 21.4. The van der Waals surface area contributed by atoms with E-state index in [0.717, 1.165) is 0 Å². The van der Waals surface area contributed by atoms with Crippen molar-refractivity contribution >= 4 is 20.2 Å². The zero-order chi connectivity index (χ0) is 19.3. The molecule has 0 aliphatic carbocycles. The van der Waals surface area contributed by atoms with Crippen molar-refractivity contribution in [2.24, 2.45) is 0 Å². The first-order valence-electron chi connectivity index (χ1n) is 8.41. The summed E-state index contributed by atoms with van der Waals surface area (Å²) in [6.07, 6.45) is 0.651. The third kappa shape index (κ3) is 7.62. The van der Waals surface area contributed by atoms with Gasteiger partial charge in [0.25, 0.3) is 0 Å². The summed E-state index contributed by atoms with van der Waals surface area (Å²) in [5.74, 6) is -0.137. The highest BCUT2D eigenvalue weighted by Crippen LogP contribution is 2.37. The number of ketones is 1. The SMILES string of the molecule is C=CCC(=O)[C@H](NC(=O)OC(C)(C)C)[C@H](C)O[Si](C)(C)C(C)(C)C. The van der Waals surface area contributed by atoms with Crippen LogP contribution in [0.3, 0.4) is 0 Å². The largest absolute Gasteiger partial charge is 0.444 e. The fourth-order valence-electron chi connectivity index (χ4n) is 1.87. The third-order valence-electron chi connectivity index (χ3n) is 4.12. The van der Waals surface area contributed by atoms with Gasteiger partial charge in [-0.25, -0.2) is 4.79 Å². The van der Waals surface area contributed by atoms with Crippen molar-refractivity contribution in [3.8, 4) is 0 Å². The van der Waals surface area contributed by atoms with Crippen molar-refractivity contribution in [3.05, 3.63) is 12.7 Å². The molecule has 0 bridgehead atoms. The second kappa shape index (κ2) is 8.29. The maximum Gasteiger partial charge on any atom is 0.408 e. The minimum absolute atomic E-state index is 0.0131. The maximum absolute atomic E-state index is 12.4. The number of alkyl carbamates (subject to hydrolysis) is 1. The van der Waals surface area contributed by atoms with E-state index in [-0.39, 0.29) is 17.2 Å². The molecule has 0 saturated carbocycles. The average molecular weight is 358 g/mol. The highest BCUT2D eigenvalue weighted by Gasteiger charge is 2.41. The fourth-order valence-corrected chi connectivity index (χ4v) is 3.29. The van der Waals surface area contributed by atoms with Gasteiger partial charge in [0.05, 0.1) is 6.10 Å². The van der Waals surface area contributed by atoms with Crippen molar-refractivity contribution in [2.45, 2.75) is 90.8 Å². The normalized spacial score (nSPS) is 15.4. The predicted molar refractivity (Wildman–Crippen MR) is 101 cm³/mol.